The van der Waals surface area contributed by atoms with Crippen LogP contribution in [0.3, 0.4) is 0 Å². The van der Waals surface area contributed by atoms with Gasteiger partial charge < -0.3 is 10.1 Å². The maximum Gasteiger partial charge on any atom is 0.119 e. The molecule has 1 N–H and O–H groups in total. The average molecular weight is 340 g/mol. The first kappa shape index (κ1) is 15.8. The number of ether oxygens (including phenoxy) is 1. The van der Waals surface area contributed by atoms with Crippen molar-refractivity contribution < 1.29 is 4.74 Å². The van der Waals surface area contributed by atoms with Crippen molar-refractivity contribution in [2.24, 2.45) is 5.92 Å². The smallest absolute Gasteiger partial charge is 0.119 e. The van der Waals surface area contributed by atoms with E-state index < -0.39 is 0 Å². The van der Waals surface area contributed by atoms with E-state index in [1.54, 1.807) is 0 Å². The molecule has 112 valence electrons. The lowest BCUT2D eigenvalue weighted by Gasteiger charge is -2.21. The van der Waals surface area contributed by atoms with Gasteiger partial charge in [-0.3, -0.25) is 0 Å². The van der Waals surface area contributed by atoms with Crippen LogP contribution in [-0.2, 0) is 6.54 Å². The second-order valence-electron chi connectivity index (χ2n) is 6.82. The van der Waals surface area contributed by atoms with Gasteiger partial charge in [0, 0.05) is 16.6 Å². The van der Waals surface area contributed by atoms with Gasteiger partial charge in [-0.05, 0) is 63.3 Å². The lowest BCUT2D eigenvalue weighted by atomic mass is 10.1. The van der Waals surface area contributed by atoms with Gasteiger partial charge in [0.05, 0.1) is 6.61 Å². The summed E-state index contributed by atoms with van der Waals surface area (Å²) in [6.45, 7) is 8.27. The summed E-state index contributed by atoms with van der Waals surface area (Å²) < 4.78 is 7.11. The van der Waals surface area contributed by atoms with Crippen LogP contribution in [0.4, 0.5) is 0 Å². The molecule has 0 aliphatic heterocycles. The van der Waals surface area contributed by atoms with Crippen LogP contribution in [0.1, 0.15) is 52.0 Å². The molecule has 2 nitrogen and oxygen atoms in total. The van der Waals surface area contributed by atoms with Gasteiger partial charge in [-0.25, -0.2) is 0 Å². The van der Waals surface area contributed by atoms with Crippen LogP contribution in [0, 0.1) is 5.92 Å². The SMILES string of the molecule is CC(C)(C)NCc1cc(OCC2CCCC2)ccc1Br. The van der Waals surface area contributed by atoms with Crippen molar-refractivity contribution in [2.45, 2.75) is 58.5 Å². The first-order chi connectivity index (χ1) is 9.44. The Hall–Kier alpha value is -0.540. The van der Waals surface area contributed by atoms with Crippen LogP contribution >= 0.6 is 15.9 Å². The van der Waals surface area contributed by atoms with Gasteiger partial charge in [-0.2, -0.15) is 0 Å². The van der Waals surface area contributed by atoms with Crippen LogP contribution in [0.5, 0.6) is 5.75 Å². The molecule has 0 bridgehead atoms. The lowest BCUT2D eigenvalue weighted by Crippen LogP contribution is -2.35. The van der Waals surface area contributed by atoms with Crippen molar-refractivity contribution in [1.82, 2.24) is 5.32 Å². The fourth-order valence-corrected chi connectivity index (χ4v) is 2.91. The van der Waals surface area contributed by atoms with E-state index in [9.17, 15) is 0 Å². The zero-order valence-electron chi connectivity index (χ0n) is 12.8. The van der Waals surface area contributed by atoms with Gasteiger partial charge in [-0.1, -0.05) is 28.8 Å². The number of halogens is 1. The van der Waals surface area contributed by atoms with Gasteiger partial charge in [0.2, 0.25) is 0 Å². The summed E-state index contributed by atoms with van der Waals surface area (Å²) in [6.07, 6.45) is 5.40. The molecule has 0 spiro atoms. The Bertz CT molecular complexity index is 433. The summed E-state index contributed by atoms with van der Waals surface area (Å²) in [4.78, 5) is 0. The maximum atomic E-state index is 5.97. The third-order valence-electron chi connectivity index (χ3n) is 3.79. The standard InChI is InChI=1S/C17H26BrNO/c1-17(2,3)19-11-14-10-15(8-9-16(14)18)20-12-13-6-4-5-7-13/h8-10,13,19H,4-7,11-12H2,1-3H3. The molecule has 1 aliphatic rings. The average Bonchev–Trinajstić information content (AvgIpc) is 2.88. The van der Waals surface area contributed by atoms with Gasteiger partial charge in [-0.15, -0.1) is 0 Å². The van der Waals surface area contributed by atoms with Crippen molar-refractivity contribution in [2.75, 3.05) is 6.61 Å². The Morgan fingerprint density at radius 2 is 1.95 bits per heavy atom. The van der Waals surface area contributed by atoms with E-state index >= 15 is 0 Å². The normalized spacial score (nSPS) is 16.6. The predicted molar refractivity (Wildman–Crippen MR) is 88.2 cm³/mol. The second kappa shape index (κ2) is 6.95. The van der Waals surface area contributed by atoms with Crippen molar-refractivity contribution in [3.63, 3.8) is 0 Å². The van der Waals surface area contributed by atoms with Crippen LogP contribution in [0.15, 0.2) is 22.7 Å². The van der Waals surface area contributed by atoms with E-state index in [2.05, 4.69) is 60.2 Å². The molecule has 0 amide bonds. The summed E-state index contributed by atoms with van der Waals surface area (Å²) in [5.74, 6) is 1.75. The van der Waals surface area contributed by atoms with Crippen molar-refractivity contribution in [3.8, 4) is 5.75 Å². The zero-order valence-corrected chi connectivity index (χ0v) is 14.4. The third kappa shape index (κ3) is 5.10. The van der Waals surface area contributed by atoms with Crippen molar-refractivity contribution >= 4 is 15.9 Å². The number of nitrogens with one attached hydrogen (secondary N) is 1. The van der Waals surface area contributed by atoms with Crippen LogP contribution in [-0.4, -0.2) is 12.1 Å². The van der Waals surface area contributed by atoms with E-state index in [1.165, 1.54) is 31.2 Å². The summed E-state index contributed by atoms with van der Waals surface area (Å²) in [7, 11) is 0. The minimum Gasteiger partial charge on any atom is -0.493 e. The van der Waals surface area contributed by atoms with Crippen LogP contribution < -0.4 is 10.1 Å². The number of benzene rings is 1. The number of hydrogen-bond acceptors (Lipinski definition) is 2. The topological polar surface area (TPSA) is 21.3 Å². The molecule has 0 unspecified atom stereocenters. The zero-order chi connectivity index (χ0) is 14.6. The summed E-state index contributed by atoms with van der Waals surface area (Å²) in [6, 6.07) is 6.29. The predicted octanol–water partition coefficient (Wildman–Crippen LogP) is 4.91. The first-order valence-electron chi connectivity index (χ1n) is 7.60. The Balaban J connectivity index is 1.93. The highest BCUT2D eigenvalue weighted by atomic mass is 79.9. The third-order valence-corrected chi connectivity index (χ3v) is 4.56. The van der Waals surface area contributed by atoms with Gasteiger partial charge in [0.25, 0.3) is 0 Å². The van der Waals surface area contributed by atoms with E-state index in [0.717, 1.165) is 29.3 Å². The summed E-state index contributed by atoms with van der Waals surface area (Å²) in [5.41, 5.74) is 1.38. The minimum absolute atomic E-state index is 0.125. The highest BCUT2D eigenvalue weighted by Gasteiger charge is 2.16. The fraction of sp³-hybridized carbons (Fsp3) is 0.647. The Kier molecular flexibility index (Phi) is 5.50. The Morgan fingerprint density at radius 3 is 2.60 bits per heavy atom. The lowest BCUT2D eigenvalue weighted by molar-refractivity contribution is 0.252. The highest BCUT2D eigenvalue weighted by Crippen LogP contribution is 2.27. The fourth-order valence-electron chi connectivity index (χ4n) is 2.53. The summed E-state index contributed by atoms with van der Waals surface area (Å²) >= 11 is 3.62. The second-order valence-corrected chi connectivity index (χ2v) is 7.67. The molecule has 1 fully saturated rings. The molecule has 20 heavy (non-hydrogen) atoms. The van der Waals surface area contributed by atoms with Gasteiger partial charge in [0.15, 0.2) is 0 Å². The first-order valence-corrected chi connectivity index (χ1v) is 8.39. The van der Waals surface area contributed by atoms with E-state index in [1.807, 2.05) is 0 Å². The van der Waals surface area contributed by atoms with Crippen molar-refractivity contribution in [3.05, 3.63) is 28.2 Å². The largest absolute Gasteiger partial charge is 0.493 e. The van der Waals surface area contributed by atoms with Crippen LogP contribution in [0.25, 0.3) is 0 Å². The summed E-state index contributed by atoms with van der Waals surface area (Å²) in [5, 5.41) is 3.52. The van der Waals surface area contributed by atoms with E-state index in [-0.39, 0.29) is 5.54 Å². The molecule has 0 heterocycles. The Morgan fingerprint density at radius 1 is 1.25 bits per heavy atom. The molecular formula is C17H26BrNO. The molecule has 0 aromatic heterocycles. The quantitative estimate of drug-likeness (QED) is 0.823. The maximum absolute atomic E-state index is 5.97. The van der Waals surface area contributed by atoms with Crippen molar-refractivity contribution in [1.29, 1.82) is 0 Å². The molecule has 0 radical (unpaired) electrons. The van der Waals surface area contributed by atoms with Gasteiger partial charge >= 0.3 is 0 Å². The Labute approximate surface area is 131 Å². The molecule has 1 aromatic carbocycles. The molecular weight excluding hydrogens is 314 g/mol. The molecule has 1 aliphatic carbocycles. The van der Waals surface area contributed by atoms with E-state index in [0.29, 0.717) is 0 Å². The number of rotatable bonds is 5. The van der Waals surface area contributed by atoms with Gasteiger partial charge in [0.1, 0.15) is 5.75 Å². The molecule has 0 saturated heterocycles. The molecule has 2 rings (SSSR count). The molecule has 3 heteroatoms. The molecule has 1 saturated carbocycles. The molecule has 1 aromatic rings. The molecule has 0 atom stereocenters. The number of hydrogen-bond donors (Lipinski definition) is 1. The van der Waals surface area contributed by atoms with Crippen LogP contribution in [0.2, 0.25) is 0 Å². The monoisotopic (exact) mass is 339 g/mol. The highest BCUT2D eigenvalue weighted by molar-refractivity contribution is 9.10. The minimum atomic E-state index is 0.125. The van der Waals surface area contributed by atoms with E-state index in [4.69, 9.17) is 4.74 Å².